The molecule has 3 rings (SSSR count). The molecule has 1 N–H and O–H groups in total. The molecule has 2 fully saturated rings. The fraction of sp³-hybridized carbons (Fsp3) is 0.714. The van der Waals surface area contributed by atoms with E-state index in [1.165, 1.54) is 5.56 Å². The van der Waals surface area contributed by atoms with Gasteiger partial charge >= 0.3 is 0 Å². The van der Waals surface area contributed by atoms with E-state index in [0.717, 1.165) is 18.8 Å². The van der Waals surface area contributed by atoms with Gasteiger partial charge in [-0.05, 0) is 31.0 Å². The molecule has 2 heterocycles. The zero-order valence-electron chi connectivity index (χ0n) is 16.7. The maximum Gasteiger partial charge on any atom is 0.250 e. The van der Waals surface area contributed by atoms with Crippen molar-refractivity contribution in [1.29, 1.82) is 0 Å². The molecule has 0 aromatic heterocycles. The number of likely N-dealkylation sites (tertiary alicyclic amines) is 2. The van der Waals surface area contributed by atoms with Crippen LogP contribution in [0.15, 0.2) is 24.3 Å². The average Bonchev–Trinajstić information content (AvgIpc) is 3.02. The van der Waals surface area contributed by atoms with E-state index >= 15 is 0 Å². The molecule has 2 aliphatic heterocycles. The van der Waals surface area contributed by atoms with Crippen LogP contribution in [0.1, 0.15) is 31.7 Å². The molecule has 0 spiro atoms. The first-order valence-electron chi connectivity index (χ1n) is 10.2. The summed E-state index contributed by atoms with van der Waals surface area (Å²) >= 11 is 0. The Hall–Kier alpha value is -1.28. The molecule has 28 heavy (non-hydrogen) atoms. The molecule has 2 aliphatic rings. The van der Waals surface area contributed by atoms with Gasteiger partial charge in [-0.15, -0.1) is 0 Å². The lowest BCUT2D eigenvalue weighted by Crippen LogP contribution is -2.49. The summed E-state index contributed by atoms with van der Waals surface area (Å²) < 4.78 is 37.5. The first kappa shape index (κ1) is 21.4. The Labute approximate surface area is 166 Å². The molecule has 0 unspecified atom stereocenters. The third-order valence-electron chi connectivity index (χ3n) is 5.55. The van der Waals surface area contributed by atoms with Crippen molar-refractivity contribution >= 4 is 0 Å². The van der Waals surface area contributed by atoms with Gasteiger partial charge in [0.25, 0.3) is 5.92 Å². The lowest BCUT2D eigenvalue weighted by atomic mass is 10.00. The molecule has 0 aliphatic carbocycles. The molecule has 0 bridgehead atoms. The van der Waals surface area contributed by atoms with Crippen LogP contribution < -0.4 is 4.74 Å². The van der Waals surface area contributed by atoms with Gasteiger partial charge in [0.1, 0.15) is 12.4 Å². The Kier molecular flexibility index (Phi) is 7.25. The summed E-state index contributed by atoms with van der Waals surface area (Å²) in [5.74, 6) is -1.72. The van der Waals surface area contributed by atoms with Crippen molar-refractivity contribution in [2.45, 2.75) is 44.3 Å². The van der Waals surface area contributed by atoms with Crippen LogP contribution in [-0.4, -0.2) is 79.0 Å². The van der Waals surface area contributed by atoms with Crippen LogP contribution in [0.5, 0.6) is 5.75 Å². The topological polar surface area (TPSA) is 45.2 Å². The molecule has 1 aromatic carbocycles. The first-order chi connectivity index (χ1) is 13.4. The normalized spacial score (nSPS) is 25.9. The van der Waals surface area contributed by atoms with E-state index in [1.54, 1.807) is 0 Å². The van der Waals surface area contributed by atoms with Crippen molar-refractivity contribution in [3.63, 3.8) is 0 Å². The number of alkyl halides is 2. The molecule has 5 nitrogen and oxygen atoms in total. The largest absolute Gasteiger partial charge is 0.491 e. The minimum atomic E-state index is -2.54. The Morgan fingerprint density at radius 3 is 2.36 bits per heavy atom. The van der Waals surface area contributed by atoms with Gasteiger partial charge in [0, 0.05) is 58.7 Å². The fourth-order valence-electron chi connectivity index (χ4n) is 3.97. The van der Waals surface area contributed by atoms with E-state index in [4.69, 9.17) is 9.47 Å². The van der Waals surface area contributed by atoms with Crippen LogP contribution in [0.3, 0.4) is 0 Å². The van der Waals surface area contributed by atoms with E-state index in [2.05, 4.69) is 4.90 Å². The van der Waals surface area contributed by atoms with Gasteiger partial charge in [-0.25, -0.2) is 8.78 Å². The van der Waals surface area contributed by atoms with Crippen molar-refractivity contribution in [1.82, 2.24) is 9.80 Å². The quantitative estimate of drug-likeness (QED) is 0.648. The van der Waals surface area contributed by atoms with E-state index in [0.29, 0.717) is 52.4 Å². The number of nitrogens with zero attached hydrogens (tertiary/aromatic N) is 2. The molecule has 158 valence electrons. The van der Waals surface area contributed by atoms with Crippen molar-refractivity contribution in [2.75, 3.05) is 52.5 Å². The van der Waals surface area contributed by atoms with Gasteiger partial charge in [-0.3, -0.25) is 9.80 Å². The van der Waals surface area contributed by atoms with Crippen LogP contribution in [0.25, 0.3) is 0 Å². The van der Waals surface area contributed by atoms with Gasteiger partial charge in [0.2, 0.25) is 0 Å². The second-order valence-electron chi connectivity index (χ2n) is 8.01. The van der Waals surface area contributed by atoms with Crippen LogP contribution in [-0.2, 0) is 11.3 Å². The van der Waals surface area contributed by atoms with E-state index in [9.17, 15) is 13.9 Å². The number of benzene rings is 1. The average molecular weight is 398 g/mol. The van der Waals surface area contributed by atoms with Gasteiger partial charge in [-0.1, -0.05) is 12.1 Å². The van der Waals surface area contributed by atoms with Gasteiger partial charge in [0.15, 0.2) is 0 Å². The van der Waals surface area contributed by atoms with E-state index in [-0.39, 0.29) is 12.8 Å². The van der Waals surface area contributed by atoms with Crippen LogP contribution in [0.2, 0.25) is 0 Å². The molecule has 1 atom stereocenters. The van der Waals surface area contributed by atoms with Crippen molar-refractivity contribution in [2.24, 2.45) is 0 Å². The summed E-state index contributed by atoms with van der Waals surface area (Å²) in [5.41, 5.74) is 0.355. The Balaban J connectivity index is 1.42. The lowest BCUT2D eigenvalue weighted by Gasteiger charge is -2.36. The Morgan fingerprint density at radius 1 is 1.00 bits per heavy atom. The standard InChI is InChI=1S/C21H32F2N2O3/c1-2-27-13-14-28-19-5-3-18(4-6-19)15-25-10-7-20(26,17-25)16-24-11-8-21(22,23)9-12-24/h3-6,26H,2,7-17H2,1H3/t20-/m1/s1. The molecule has 0 saturated carbocycles. The van der Waals surface area contributed by atoms with E-state index in [1.807, 2.05) is 36.1 Å². The van der Waals surface area contributed by atoms with Crippen molar-refractivity contribution in [3.8, 4) is 5.75 Å². The summed E-state index contributed by atoms with van der Waals surface area (Å²) in [6.45, 7) is 7.12. The van der Waals surface area contributed by atoms with Gasteiger partial charge < -0.3 is 14.6 Å². The minimum absolute atomic E-state index is 0.105. The molecule has 0 amide bonds. The summed E-state index contributed by atoms with van der Waals surface area (Å²) in [6, 6.07) is 8.00. The number of hydrogen-bond acceptors (Lipinski definition) is 5. The first-order valence-corrected chi connectivity index (χ1v) is 10.2. The molecule has 0 radical (unpaired) electrons. The van der Waals surface area contributed by atoms with Crippen LogP contribution in [0, 0.1) is 0 Å². The predicted octanol–water partition coefficient (Wildman–Crippen LogP) is 2.77. The summed E-state index contributed by atoms with van der Waals surface area (Å²) in [6.07, 6.45) is 0.468. The number of piperidine rings is 1. The minimum Gasteiger partial charge on any atom is -0.491 e. The summed E-state index contributed by atoms with van der Waals surface area (Å²) in [5, 5.41) is 10.9. The van der Waals surface area contributed by atoms with Gasteiger partial charge in [-0.2, -0.15) is 0 Å². The number of ether oxygens (including phenoxy) is 2. The van der Waals surface area contributed by atoms with Gasteiger partial charge in [0.05, 0.1) is 12.2 Å². The number of hydrogen-bond donors (Lipinski definition) is 1. The van der Waals surface area contributed by atoms with E-state index < -0.39 is 11.5 Å². The van der Waals surface area contributed by atoms with Crippen LogP contribution >= 0.6 is 0 Å². The lowest BCUT2D eigenvalue weighted by molar-refractivity contribution is -0.0724. The molecular formula is C21H32F2N2O3. The highest BCUT2D eigenvalue weighted by molar-refractivity contribution is 5.27. The number of halogens is 2. The maximum atomic E-state index is 13.3. The zero-order valence-corrected chi connectivity index (χ0v) is 16.7. The predicted molar refractivity (Wildman–Crippen MR) is 104 cm³/mol. The molecule has 1 aromatic rings. The second kappa shape index (κ2) is 9.48. The molecule has 7 heteroatoms. The molecular weight excluding hydrogens is 366 g/mol. The highest BCUT2D eigenvalue weighted by Gasteiger charge is 2.40. The summed E-state index contributed by atoms with van der Waals surface area (Å²) in [4.78, 5) is 4.21. The summed E-state index contributed by atoms with van der Waals surface area (Å²) in [7, 11) is 0. The SMILES string of the molecule is CCOCCOc1ccc(CN2CC[C@@](O)(CN3CCC(F)(F)CC3)C2)cc1. The smallest absolute Gasteiger partial charge is 0.250 e. The van der Waals surface area contributed by atoms with Crippen molar-refractivity contribution < 1.29 is 23.4 Å². The Bertz CT molecular complexity index is 604. The van der Waals surface area contributed by atoms with Crippen LogP contribution in [0.4, 0.5) is 8.78 Å². The molecule has 2 saturated heterocycles. The second-order valence-corrected chi connectivity index (χ2v) is 8.01. The highest BCUT2D eigenvalue weighted by atomic mass is 19.3. The third-order valence-corrected chi connectivity index (χ3v) is 5.55. The fourth-order valence-corrected chi connectivity index (χ4v) is 3.97. The number of rotatable bonds is 9. The number of aliphatic hydroxyl groups is 1. The highest BCUT2D eigenvalue weighted by Crippen LogP contribution is 2.30. The third kappa shape index (κ3) is 6.37. The van der Waals surface area contributed by atoms with Crippen molar-refractivity contribution in [3.05, 3.63) is 29.8 Å². The maximum absolute atomic E-state index is 13.3. The zero-order chi connectivity index (χ0) is 20.0. The Morgan fingerprint density at radius 2 is 1.68 bits per heavy atom. The number of β-amino-alcohol motifs (C(OH)–C–C–N with tert-alkyl or cyclic N) is 1. The monoisotopic (exact) mass is 398 g/mol.